The van der Waals surface area contributed by atoms with E-state index in [2.05, 4.69) is 61.0 Å². The number of aromatic nitrogens is 1. The molecule has 4 aromatic carbocycles. The number of hydrogen-bond donors (Lipinski definition) is 4. The van der Waals surface area contributed by atoms with Gasteiger partial charge < -0.3 is 25.3 Å². The van der Waals surface area contributed by atoms with E-state index < -0.39 is 15.9 Å². The Kier molecular flexibility index (Phi) is 12.5. The van der Waals surface area contributed by atoms with E-state index in [0.29, 0.717) is 37.5 Å². The number of aryl methyl sites for hydroxylation is 1. The van der Waals surface area contributed by atoms with Gasteiger partial charge in [-0.1, -0.05) is 43.2 Å². The minimum atomic E-state index is -4.25. The quantitative estimate of drug-likeness (QED) is 0.0940. The number of carbonyl (C=O) groups is 2. The highest BCUT2D eigenvalue weighted by molar-refractivity contribution is 7.90. The van der Waals surface area contributed by atoms with Gasteiger partial charge in [0.1, 0.15) is 11.5 Å². The summed E-state index contributed by atoms with van der Waals surface area (Å²) in [6.45, 7) is 13.8. The van der Waals surface area contributed by atoms with Crippen LogP contribution in [0.3, 0.4) is 0 Å². The van der Waals surface area contributed by atoms with Gasteiger partial charge in [0, 0.05) is 98.5 Å². The number of amides is 2. The molecular weight excluding hydrogens is 810 g/mol. The van der Waals surface area contributed by atoms with Crippen molar-refractivity contribution in [1.29, 1.82) is 0 Å². The fourth-order valence-corrected chi connectivity index (χ4v) is 9.75. The molecule has 14 heteroatoms. The molecule has 1 aromatic heterocycles. The number of H-pyrrole nitrogens is 1. The molecule has 0 bridgehead atoms. The van der Waals surface area contributed by atoms with Crippen molar-refractivity contribution in [2.24, 2.45) is 5.41 Å². The van der Waals surface area contributed by atoms with Crippen molar-refractivity contribution in [3.05, 3.63) is 118 Å². The van der Waals surface area contributed by atoms with Crippen LogP contribution < -0.4 is 25.0 Å². The van der Waals surface area contributed by atoms with Gasteiger partial charge in [-0.05, 0) is 115 Å². The molecule has 2 amide bonds. The number of halogens is 1. The molecule has 8 rings (SSSR count). The number of carbonyl (C=O) groups excluding carboxylic acids is 2. The smallest absolute Gasteiger partial charge is 0.268 e. The van der Waals surface area contributed by atoms with E-state index in [-0.39, 0.29) is 27.5 Å². The third kappa shape index (κ3) is 10.2. The highest BCUT2D eigenvalue weighted by Crippen LogP contribution is 2.43. The maximum absolute atomic E-state index is 13.9. The standard InChI is InChI=1S/C47H54ClN7O5S/c1-32-26-39(10-13-42(32)50-18-20-53-21-19-51-45(56)31-53)61(58,59)52-46(57)40-11-8-37(28-44(40)60-38-9-12-43-34(27-38)15-17-49-43)55-24-22-54(23-25-55)30-35-14-16-47(2,3)29-41(35)33-4-6-36(48)7-5-33/h4-13,15,17,26-28,49-50H,14,16,18-25,29-31H2,1-3H3,(H,51,56)(H,52,57). The third-order valence-electron chi connectivity index (χ3n) is 12.1. The Hall–Kier alpha value is -5.34. The molecule has 4 N–H and O–H groups in total. The SMILES string of the molecule is Cc1cc(S(=O)(=O)NC(=O)c2ccc(N3CCN(CC4=C(c5ccc(Cl)cc5)CC(C)(C)CC4)CC3)cc2Oc2ccc3[nH]ccc3c2)ccc1NCCN1CCNC(=O)C1. The van der Waals surface area contributed by atoms with E-state index in [1.165, 1.54) is 22.8 Å². The second-order valence-corrected chi connectivity index (χ2v) is 19.3. The Labute approximate surface area is 363 Å². The Morgan fingerprint density at radius 2 is 1.72 bits per heavy atom. The van der Waals surface area contributed by atoms with E-state index in [9.17, 15) is 18.0 Å². The minimum Gasteiger partial charge on any atom is -0.456 e. The molecule has 0 radical (unpaired) electrons. The molecule has 2 saturated heterocycles. The molecule has 3 heterocycles. The Morgan fingerprint density at radius 3 is 2.49 bits per heavy atom. The second-order valence-electron chi connectivity index (χ2n) is 17.2. The summed E-state index contributed by atoms with van der Waals surface area (Å²) in [6.07, 6.45) is 5.12. The summed E-state index contributed by atoms with van der Waals surface area (Å²) in [7, 11) is -4.25. The van der Waals surface area contributed by atoms with Crippen LogP contribution in [0.5, 0.6) is 11.5 Å². The van der Waals surface area contributed by atoms with Gasteiger partial charge in [-0.25, -0.2) is 13.1 Å². The summed E-state index contributed by atoms with van der Waals surface area (Å²) in [5, 5.41) is 7.85. The van der Waals surface area contributed by atoms with Gasteiger partial charge in [-0.2, -0.15) is 0 Å². The van der Waals surface area contributed by atoms with Gasteiger partial charge >= 0.3 is 0 Å². The van der Waals surface area contributed by atoms with Crippen LogP contribution in [-0.4, -0.2) is 100 Å². The fourth-order valence-electron chi connectivity index (χ4n) is 8.57. The molecule has 320 valence electrons. The molecule has 0 spiro atoms. The number of allylic oxidation sites excluding steroid dienone is 1. The summed E-state index contributed by atoms with van der Waals surface area (Å²) in [5.74, 6) is -0.000914. The molecule has 3 aliphatic rings. The number of fused-ring (bicyclic) bond motifs is 1. The van der Waals surface area contributed by atoms with Gasteiger partial charge in [0.05, 0.1) is 17.0 Å². The first-order valence-corrected chi connectivity index (χ1v) is 22.9. The van der Waals surface area contributed by atoms with Crippen molar-refractivity contribution in [2.45, 2.75) is 44.9 Å². The van der Waals surface area contributed by atoms with Gasteiger partial charge in [0.15, 0.2) is 0 Å². The van der Waals surface area contributed by atoms with Crippen LogP contribution in [0.25, 0.3) is 16.5 Å². The van der Waals surface area contributed by atoms with Crippen molar-refractivity contribution in [2.75, 3.05) is 75.7 Å². The van der Waals surface area contributed by atoms with Crippen LogP contribution >= 0.6 is 11.6 Å². The summed E-state index contributed by atoms with van der Waals surface area (Å²) in [4.78, 5) is 35.7. The number of hydrogen-bond acceptors (Lipinski definition) is 9. The fraction of sp³-hybridized carbons (Fsp3) is 0.362. The maximum atomic E-state index is 13.9. The topological polar surface area (TPSA) is 139 Å². The lowest BCUT2D eigenvalue weighted by Gasteiger charge is -2.39. The normalized spacial score (nSPS) is 17.6. The highest BCUT2D eigenvalue weighted by Gasteiger charge is 2.30. The Bertz CT molecular complexity index is 2560. The molecule has 0 unspecified atom stereocenters. The molecule has 1 aliphatic carbocycles. The van der Waals surface area contributed by atoms with Gasteiger partial charge in [0.25, 0.3) is 15.9 Å². The number of rotatable bonds is 13. The zero-order valence-electron chi connectivity index (χ0n) is 35.0. The van der Waals surface area contributed by atoms with E-state index >= 15 is 0 Å². The summed E-state index contributed by atoms with van der Waals surface area (Å²) in [6, 6.07) is 25.9. The first kappa shape index (κ1) is 42.4. The monoisotopic (exact) mass is 863 g/mol. The van der Waals surface area contributed by atoms with E-state index in [0.717, 1.165) is 85.8 Å². The highest BCUT2D eigenvalue weighted by atomic mass is 35.5. The summed E-state index contributed by atoms with van der Waals surface area (Å²) in [5.41, 5.74) is 7.86. The van der Waals surface area contributed by atoms with E-state index in [1.54, 1.807) is 18.2 Å². The van der Waals surface area contributed by atoms with Crippen molar-refractivity contribution >= 4 is 61.3 Å². The lowest BCUT2D eigenvalue weighted by Crippen LogP contribution is -2.48. The number of sulfonamides is 1. The number of ether oxygens (including phenoxy) is 1. The summed E-state index contributed by atoms with van der Waals surface area (Å²) < 4.78 is 36.1. The van der Waals surface area contributed by atoms with Crippen molar-refractivity contribution in [3.8, 4) is 11.5 Å². The predicted molar refractivity (Wildman–Crippen MR) is 243 cm³/mol. The first-order valence-electron chi connectivity index (χ1n) is 21.0. The average Bonchev–Trinajstić information content (AvgIpc) is 3.71. The van der Waals surface area contributed by atoms with Crippen LogP contribution in [0.2, 0.25) is 5.02 Å². The maximum Gasteiger partial charge on any atom is 0.268 e. The zero-order chi connectivity index (χ0) is 42.7. The molecular formula is C47H54ClN7O5S. The van der Waals surface area contributed by atoms with Gasteiger partial charge in [0.2, 0.25) is 5.91 Å². The van der Waals surface area contributed by atoms with Crippen molar-refractivity contribution in [3.63, 3.8) is 0 Å². The predicted octanol–water partition coefficient (Wildman–Crippen LogP) is 7.67. The molecule has 5 aromatic rings. The van der Waals surface area contributed by atoms with Gasteiger partial charge in [-0.3, -0.25) is 19.4 Å². The number of aromatic amines is 1. The molecule has 12 nitrogen and oxygen atoms in total. The molecule has 0 atom stereocenters. The molecule has 2 aliphatic heterocycles. The number of benzene rings is 4. The zero-order valence-corrected chi connectivity index (χ0v) is 36.6. The van der Waals surface area contributed by atoms with Crippen LogP contribution in [-0.2, 0) is 14.8 Å². The lowest BCUT2D eigenvalue weighted by molar-refractivity contribution is -0.124. The molecule has 0 saturated carbocycles. The number of anilines is 2. The Balaban J connectivity index is 0.970. The van der Waals surface area contributed by atoms with Crippen molar-refractivity contribution in [1.82, 2.24) is 24.8 Å². The van der Waals surface area contributed by atoms with Crippen LogP contribution in [0.1, 0.15) is 54.6 Å². The molecule has 61 heavy (non-hydrogen) atoms. The van der Waals surface area contributed by atoms with E-state index in [1.807, 2.05) is 61.7 Å². The lowest BCUT2D eigenvalue weighted by atomic mass is 9.72. The second kappa shape index (κ2) is 17.9. The number of nitrogens with zero attached hydrogens (tertiary/aromatic N) is 3. The minimum absolute atomic E-state index is 0.0124. The number of nitrogens with one attached hydrogen (secondary N) is 4. The first-order chi connectivity index (χ1) is 29.3. The largest absolute Gasteiger partial charge is 0.456 e. The average molecular weight is 865 g/mol. The van der Waals surface area contributed by atoms with Crippen LogP contribution in [0.15, 0.2) is 102 Å². The third-order valence-corrected chi connectivity index (χ3v) is 13.7. The van der Waals surface area contributed by atoms with Gasteiger partial charge in [-0.15, -0.1) is 0 Å². The van der Waals surface area contributed by atoms with Crippen LogP contribution in [0, 0.1) is 12.3 Å². The van der Waals surface area contributed by atoms with Crippen molar-refractivity contribution < 1.29 is 22.7 Å². The van der Waals surface area contributed by atoms with E-state index in [4.69, 9.17) is 16.3 Å². The summed E-state index contributed by atoms with van der Waals surface area (Å²) >= 11 is 6.25. The molecule has 2 fully saturated rings. The van der Waals surface area contributed by atoms with Crippen LogP contribution in [0.4, 0.5) is 11.4 Å². The Morgan fingerprint density at radius 1 is 0.918 bits per heavy atom. The number of piperazine rings is 2.